The van der Waals surface area contributed by atoms with Gasteiger partial charge in [-0.05, 0) is 90.0 Å². The predicted octanol–water partition coefficient (Wildman–Crippen LogP) is 5.41. The minimum absolute atomic E-state index is 0.0445. The van der Waals surface area contributed by atoms with Gasteiger partial charge in [-0.15, -0.1) is 0 Å². The maximum atomic E-state index is 12.9. The Morgan fingerprint density at radius 2 is 0.971 bits per heavy atom. The Morgan fingerprint density at radius 3 is 1.37 bits per heavy atom. The molecule has 4 aromatic rings. The fraction of sp³-hybridized carbons (Fsp3) is 0.111. The summed E-state index contributed by atoms with van der Waals surface area (Å²) in [5, 5.41) is 0. The lowest BCUT2D eigenvalue weighted by atomic mass is 10.1. The summed E-state index contributed by atoms with van der Waals surface area (Å²) in [6, 6.07) is 23.5. The van der Waals surface area contributed by atoms with Gasteiger partial charge in [0, 0.05) is 0 Å². The van der Waals surface area contributed by atoms with E-state index in [-0.39, 0.29) is 21.3 Å². The Balaban J connectivity index is 1.43. The van der Waals surface area contributed by atoms with Gasteiger partial charge in [0.15, 0.2) is 0 Å². The number of para-hydroxylation sites is 2. The quantitative estimate of drug-likeness (QED) is 0.286. The number of rotatable bonds is 6. The molecule has 0 radical (unpaired) electrons. The SMILES string of the molecule is Cc1ccccc1OS(=O)(=O)c1ccc2c(c1)Cc1cc(S(=O)(=O)Oc3ccccc3C)ccc1-2. The molecule has 0 aliphatic heterocycles. The van der Waals surface area contributed by atoms with Crippen molar-refractivity contribution in [3.63, 3.8) is 0 Å². The molecule has 4 aromatic carbocycles. The van der Waals surface area contributed by atoms with Gasteiger partial charge in [0.05, 0.1) is 0 Å². The highest BCUT2D eigenvalue weighted by Crippen LogP contribution is 2.39. The summed E-state index contributed by atoms with van der Waals surface area (Å²) in [6.07, 6.45) is 0.395. The minimum atomic E-state index is -4.03. The third-order valence-corrected chi connectivity index (χ3v) is 8.45. The van der Waals surface area contributed by atoms with Crippen molar-refractivity contribution in [2.75, 3.05) is 0 Å². The van der Waals surface area contributed by atoms with Crippen LogP contribution in [0.15, 0.2) is 94.7 Å². The highest BCUT2D eigenvalue weighted by molar-refractivity contribution is 7.87. The largest absolute Gasteiger partial charge is 0.379 e. The average molecular weight is 507 g/mol. The van der Waals surface area contributed by atoms with E-state index in [4.69, 9.17) is 8.37 Å². The van der Waals surface area contributed by atoms with Crippen LogP contribution in [0.25, 0.3) is 11.1 Å². The lowest BCUT2D eigenvalue weighted by Crippen LogP contribution is -2.10. The summed E-state index contributed by atoms with van der Waals surface area (Å²) in [4.78, 5) is 0.0890. The van der Waals surface area contributed by atoms with Crippen molar-refractivity contribution in [3.8, 4) is 22.6 Å². The predicted molar refractivity (Wildman–Crippen MR) is 133 cm³/mol. The van der Waals surface area contributed by atoms with Gasteiger partial charge in [-0.2, -0.15) is 16.8 Å². The van der Waals surface area contributed by atoms with Gasteiger partial charge in [-0.3, -0.25) is 0 Å². The van der Waals surface area contributed by atoms with Crippen molar-refractivity contribution in [2.45, 2.75) is 30.1 Å². The van der Waals surface area contributed by atoms with Crippen molar-refractivity contribution in [1.29, 1.82) is 0 Å². The molecule has 0 unspecified atom stereocenters. The number of fused-ring (bicyclic) bond motifs is 3. The zero-order chi connectivity index (χ0) is 24.8. The Hall–Kier alpha value is -3.62. The Bertz CT molecular complexity index is 1550. The zero-order valence-electron chi connectivity index (χ0n) is 19.1. The van der Waals surface area contributed by atoms with Crippen molar-refractivity contribution >= 4 is 20.2 Å². The van der Waals surface area contributed by atoms with Gasteiger partial charge in [-0.25, -0.2) is 0 Å². The van der Waals surface area contributed by atoms with Gasteiger partial charge in [0.25, 0.3) is 0 Å². The molecular formula is C27H22O6S2. The molecule has 1 aliphatic rings. The topological polar surface area (TPSA) is 86.7 Å². The van der Waals surface area contributed by atoms with E-state index in [1.807, 2.05) is 12.1 Å². The summed E-state index contributed by atoms with van der Waals surface area (Å²) in [7, 11) is -8.06. The zero-order valence-corrected chi connectivity index (χ0v) is 20.7. The highest BCUT2D eigenvalue weighted by atomic mass is 32.2. The highest BCUT2D eigenvalue weighted by Gasteiger charge is 2.26. The summed E-state index contributed by atoms with van der Waals surface area (Å²) in [5.74, 6) is 0.555. The van der Waals surface area contributed by atoms with Crippen LogP contribution in [0.3, 0.4) is 0 Å². The Morgan fingerprint density at radius 1 is 0.571 bits per heavy atom. The lowest BCUT2D eigenvalue weighted by Gasteiger charge is -2.11. The van der Waals surface area contributed by atoms with Gasteiger partial charge in [-0.1, -0.05) is 48.5 Å². The van der Waals surface area contributed by atoms with E-state index in [1.165, 1.54) is 12.1 Å². The van der Waals surface area contributed by atoms with E-state index in [9.17, 15) is 16.8 Å². The number of hydrogen-bond donors (Lipinski definition) is 0. The first-order valence-corrected chi connectivity index (χ1v) is 13.7. The lowest BCUT2D eigenvalue weighted by molar-refractivity contribution is 0.482. The second kappa shape index (κ2) is 8.55. The van der Waals surface area contributed by atoms with Crippen LogP contribution in [0.2, 0.25) is 0 Å². The maximum Gasteiger partial charge on any atom is 0.339 e. The molecule has 0 spiro atoms. The first-order chi connectivity index (χ1) is 16.6. The molecule has 0 heterocycles. The van der Waals surface area contributed by atoms with Crippen LogP contribution < -0.4 is 8.37 Å². The van der Waals surface area contributed by atoms with E-state index in [0.29, 0.717) is 17.5 Å². The first-order valence-electron chi connectivity index (χ1n) is 10.9. The summed E-state index contributed by atoms with van der Waals surface area (Å²) in [6.45, 7) is 3.55. The Kier molecular flexibility index (Phi) is 5.65. The second-order valence-corrected chi connectivity index (χ2v) is 11.5. The first kappa shape index (κ1) is 23.1. The van der Waals surface area contributed by atoms with Gasteiger partial charge < -0.3 is 8.37 Å². The molecule has 5 rings (SSSR count). The van der Waals surface area contributed by atoms with Gasteiger partial charge >= 0.3 is 20.2 Å². The average Bonchev–Trinajstić information content (AvgIpc) is 3.19. The van der Waals surface area contributed by atoms with Crippen LogP contribution >= 0.6 is 0 Å². The molecule has 178 valence electrons. The Labute approximate surface area is 205 Å². The minimum Gasteiger partial charge on any atom is -0.379 e. The van der Waals surface area contributed by atoms with Crippen LogP contribution in [0, 0.1) is 13.8 Å². The van der Waals surface area contributed by atoms with Crippen LogP contribution in [0.4, 0.5) is 0 Å². The van der Waals surface area contributed by atoms with Crippen molar-refractivity contribution in [3.05, 3.63) is 107 Å². The monoisotopic (exact) mass is 506 g/mol. The summed E-state index contributed by atoms with van der Waals surface area (Å²) in [5.41, 5.74) is 4.71. The fourth-order valence-corrected chi connectivity index (χ4v) is 6.19. The normalized spacial score (nSPS) is 12.6. The van der Waals surface area contributed by atoms with Crippen LogP contribution in [0.5, 0.6) is 11.5 Å². The smallest absolute Gasteiger partial charge is 0.339 e. The molecule has 0 N–H and O–H groups in total. The number of aryl methyl sites for hydroxylation is 2. The third-order valence-electron chi connectivity index (χ3n) is 5.99. The molecule has 0 saturated carbocycles. The molecule has 0 atom stereocenters. The summed E-state index contributed by atoms with van der Waals surface area (Å²) < 4.78 is 62.3. The molecule has 0 saturated heterocycles. The van der Waals surface area contributed by atoms with E-state index < -0.39 is 20.2 Å². The van der Waals surface area contributed by atoms with Crippen molar-refractivity contribution < 1.29 is 25.2 Å². The van der Waals surface area contributed by atoms with E-state index in [1.54, 1.807) is 74.5 Å². The summed E-state index contributed by atoms with van der Waals surface area (Å²) >= 11 is 0. The van der Waals surface area contributed by atoms with Gasteiger partial charge in [0.2, 0.25) is 0 Å². The number of hydrogen-bond acceptors (Lipinski definition) is 6. The molecule has 6 nitrogen and oxygen atoms in total. The van der Waals surface area contributed by atoms with Crippen molar-refractivity contribution in [1.82, 2.24) is 0 Å². The molecule has 0 fully saturated rings. The second-order valence-electron chi connectivity index (χ2n) is 8.42. The molecule has 1 aliphatic carbocycles. The maximum absolute atomic E-state index is 12.9. The van der Waals surface area contributed by atoms with Crippen LogP contribution in [-0.4, -0.2) is 16.8 Å². The molecule has 0 amide bonds. The van der Waals surface area contributed by atoms with Gasteiger partial charge in [0.1, 0.15) is 21.3 Å². The molecular weight excluding hydrogens is 484 g/mol. The third kappa shape index (κ3) is 4.42. The molecule has 0 aromatic heterocycles. The van der Waals surface area contributed by atoms with Crippen LogP contribution in [-0.2, 0) is 26.7 Å². The molecule has 35 heavy (non-hydrogen) atoms. The fourth-order valence-electron chi connectivity index (χ4n) is 4.11. The molecule has 0 bridgehead atoms. The van der Waals surface area contributed by atoms with E-state index in [0.717, 1.165) is 22.3 Å². The van der Waals surface area contributed by atoms with Crippen LogP contribution in [0.1, 0.15) is 22.3 Å². The van der Waals surface area contributed by atoms with E-state index >= 15 is 0 Å². The molecule has 8 heteroatoms. The standard InChI is InChI=1S/C27H22O6S2/c1-18-7-3-5-9-26(18)32-34(28,29)22-11-13-24-20(16-22)15-21-17-23(12-14-25(21)24)35(30,31)33-27-10-6-4-8-19(27)2/h3-14,16-17H,15H2,1-2H3. The van der Waals surface area contributed by atoms with Crippen molar-refractivity contribution in [2.24, 2.45) is 0 Å². The van der Waals surface area contributed by atoms with E-state index in [2.05, 4.69) is 0 Å². The number of benzene rings is 4.